The summed E-state index contributed by atoms with van der Waals surface area (Å²) >= 11 is 0. The van der Waals surface area contributed by atoms with E-state index in [1.54, 1.807) is 12.4 Å². The number of hydrogen-bond donors (Lipinski definition) is 2. The number of nitrogens with two attached hydrogens (primary N) is 1. The topological polar surface area (TPSA) is 80.5 Å². The van der Waals surface area contributed by atoms with Crippen molar-refractivity contribution in [3.05, 3.63) is 18.2 Å². The van der Waals surface area contributed by atoms with Gasteiger partial charge in [0.05, 0.1) is 12.7 Å². The van der Waals surface area contributed by atoms with E-state index in [1.165, 1.54) is 0 Å². The number of nitrogens with one attached hydrogen (secondary N) is 1. The Kier molecular flexibility index (Phi) is 1.29. The highest BCUT2D eigenvalue weighted by Gasteiger charge is 1.98. The summed E-state index contributed by atoms with van der Waals surface area (Å²) in [6, 6.07) is 0. The van der Waals surface area contributed by atoms with E-state index in [0.29, 0.717) is 12.4 Å². The van der Waals surface area contributed by atoms with Gasteiger partial charge in [0.25, 0.3) is 0 Å². The lowest BCUT2D eigenvalue weighted by Crippen LogP contribution is -2.01. The lowest BCUT2D eigenvalue weighted by atomic mass is 10.4. The Labute approximate surface area is 62.7 Å². The molecule has 0 fully saturated rings. The highest BCUT2D eigenvalue weighted by Crippen LogP contribution is 2.04. The molecular formula is C6H7N5. The highest BCUT2D eigenvalue weighted by atomic mass is 15.1. The molecule has 2 rings (SSSR count). The number of fused-ring (bicyclic) bond motifs is 1. The lowest BCUT2D eigenvalue weighted by molar-refractivity contribution is 0.926. The van der Waals surface area contributed by atoms with Gasteiger partial charge in [0.15, 0.2) is 0 Å². The SMILES string of the molecule is NCc1ncc2n[nH]cc2n1. The van der Waals surface area contributed by atoms with Gasteiger partial charge in [-0.15, -0.1) is 0 Å². The highest BCUT2D eigenvalue weighted by molar-refractivity contribution is 5.71. The summed E-state index contributed by atoms with van der Waals surface area (Å²) in [5.74, 6) is 0.638. The average molecular weight is 149 g/mol. The maximum absolute atomic E-state index is 5.35. The molecule has 3 N–H and O–H groups in total. The molecule has 0 saturated carbocycles. The number of H-pyrrole nitrogens is 1. The van der Waals surface area contributed by atoms with Crippen LogP contribution in [-0.4, -0.2) is 20.2 Å². The number of nitrogens with zero attached hydrogens (tertiary/aromatic N) is 3. The second-order valence-electron chi connectivity index (χ2n) is 2.15. The average Bonchev–Trinajstić information content (AvgIpc) is 2.50. The summed E-state index contributed by atoms with van der Waals surface area (Å²) in [6.07, 6.45) is 3.37. The third kappa shape index (κ3) is 0.947. The van der Waals surface area contributed by atoms with E-state index < -0.39 is 0 Å². The second-order valence-corrected chi connectivity index (χ2v) is 2.15. The summed E-state index contributed by atoms with van der Waals surface area (Å²) in [6.45, 7) is 0.362. The molecule has 11 heavy (non-hydrogen) atoms. The molecule has 2 aromatic heterocycles. The standard InChI is InChI=1S/C6H7N5/c7-1-6-8-2-5-4(10-6)3-9-11-5/h2-3H,1,7H2,(H,9,11). The third-order valence-electron chi connectivity index (χ3n) is 1.42. The van der Waals surface area contributed by atoms with Gasteiger partial charge >= 0.3 is 0 Å². The van der Waals surface area contributed by atoms with Gasteiger partial charge in [0, 0.05) is 6.20 Å². The zero-order valence-corrected chi connectivity index (χ0v) is 5.78. The van der Waals surface area contributed by atoms with Gasteiger partial charge in [0.2, 0.25) is 0 Å². The van der Waals surface area contributed by atoms with Gasteiger partial charge in [-0.2, -0.15) is 5.10 Å². The molecule has 0 bridgehead atoms. The molecule has 0 saturated heterocycles. The van der Waals surface area contributed by atoms with Gasteiger partial charge in [-0.25, -0.2) is 9.97 Å². The molecule has 2 heterocycles. The van der Waals surface area contributed by atoms with E-state index in [1.807, 2.05) is 0 Å². The van der Waals surface area contributed by atoms with E-state index in [0.717, 1.165) is 11.0 Å². The van der Waals surface area contributed by atoms with Crippen molar-refractivity contribution >= 4 is 11.0 Å². The molecule has 5 nitrogen and oxygen atoms in total. The van der Waals surface area contributed by atoms with Crippen LogP contribution in [0.4, 0.5) is 0 Å². The number of aromatic nitrogens is 4. The smallest absolute Gasteiger partial charge is 0.142 e. The second kappa shape index (κ2) is 2.28. The number of rotatable bonds is 1. The van der Waals surface area contributed by atoms with Crippen molar-refractivity contribution in [3.63, 3.8) is 0 Å². The predicted octanol–water partition coefficient (Wildman–Crippen LogP) is -0.188. The van der Waals surface area contributed by atoms with Crippen LogP contribution in [0.25, 0.3) is 11.0 Å². The van der Waals surface area contributed by atoms with Crippen LogP contribution < -0.4 is 5.73 Å². The molecule has 2 aromatic rings. The Balaban J connectivity index is 2.67. The normalized spacial score (nSPS) is 10.6. The first-order valence-electron chi connectivity index (χ1n) is 3.25. The third-order valence-corrected chi connectivity index (χ3v) is 1.42. The first-order chi connectivity index (χ1) is 5.40. The zero-order chi connectivity index (χ0) is 7.68. The Morgan fingerprint density at radius 1 is 1.45 bits per heavy atom. The summed E-state index contributed by atoms with van der Waals surface area (Å²) in [5.41, 5.74) is 6.93. The Morgan fingerprint density at radius 2 is 2.36 bits per heavy atom. The molecule has 0 radical (unpaired) electrons. The monoisotopic (exact) mass is 149 g/mol. The maximum Gasteiger partial charge on any atom is 0.142 e. The van der Waals surface area contributed by atoms with Crippen LogP contribution >= 0.6 is 0 Å². The predicted molar refractivity (Wildman–Crippen MR) is 39.6 cm³/mol. The van der Waals surface area contributed by atoms with Crippen molar-refractivity contribution in [2.75, 3.05) is 0 Å². The summed E-state index contributed by atoms with van der Waals surface area (Å²) < 4.78 is 0. The minimum atomic E-state index is 0.362. The lowest BCUT2D eigenvalue weighted by Gasteiger charge is -1.91. The summed E-state index contributed by atoms with van der Waals surface area (Å²) in [4.78, 5) is 8.10. The van der Waals surface area contributed by atoms with Crippen molar-refractivity contribution in [3.8, 4) is 0 Å². The molecule has 0 aliphatic carbocycles. The first-order valence-corrected chi connectivity index (χ1v) is 3.25. The molecule has 0 atom stereocenters. The number of aromatic amines is 1. The molecule has 0 aromatic carbocycles. The van der Waals surface area contributed by atoms with Crippen LogP contribution in [0, 0.1) is 0 Å². The molecule has 0 spiro atoms. The fourth-order valence-corrected chi connectivity index (χ4v) is 0.881. The first kappa shape index (κ1) is 6.23. The number of hydrogen-bond acceptors (Lipinski definition) is 4. The fraction of sp³-hybridized carbons (Fsp3) is 0.167. The molecule has 0 aliphatic rings. The van der Waals surface area contributed by atoms with E-state index in [-0.39, 0.29) is 0 Å². The van der Waals surface area contributed by atoms with Crippen LogP contribution in [0.2, 0.25) is 0 Å². The van der Waals surface area contributed by atoms with Gasteiger partial charge in [-0.1, -0.05) is 0 Å². The quantitative estimate of drug-likeness (QED) is 0.589. The molecule has 0 amide bonds. The van der Waals surface area contributed by atoms with E-state index in [9.17, 15) is 0 Å². The van der Waals surface area contributed by atoms with E-state index in [4.69, 9.17) is 5.73 Å². The zero-order valence-electron chi connectivity index (χ0n) is 5.78. The van der Waals surface area contributed by atoms with Crippen LogP contribution in [0.15, 0.2) is 12.4 Å². The Bertz CT molecular complexity index is 366. The van der Waals surface area contributed by atoms with Crippen LogP contribution in [0.5, 0.6) is 0 Å². The van der Waals surface area contributed by atoms with Crippen LogP contribution in [0.3, 0.4) is 0 Å². The van der Waals surface area contributed by atoms with Crippen LogP contribution in [0.1, 0.15) is 5.82 Å². The van der Waals surface area contributed by atoms with Crippen molar-refractivity contribution in [2.45, 2.75) is 6.54 Å². The van der Waals surface area contributed by atoms with Gasteiger partial charge in [0.1, 0.15) is 16.9 Å². The van der Waals surface area contributed by atoms with E-state index in [2.05, 4.69) is 20.2 Å². The van der Waals surface area contributed by atoms with Crippen molar-refractivity contribution in [1.82, 2.24) is 20.2 Å². The molecule has 0 aliphatic heterocycles. The van der Waals surface area contributed by atoms with Crippen LogP contribution in [-0.2, 0) is 6.54 Å². The van der Waals surface area contributed by atoms with Gasteiger partial charge in [-0.3, -0.25) is 5.10 Å². The molecule has 0 unspecified atom stereocenters. The minimum absolute atomic E-state index is 0.362. The minimum Gasteiger partial charge on any atom is -0.324 e. The van der Waals surface area contributed by atoms with Crippen molar-refractivity contribution in [1.29, 1.82) is 0 Å². The van der Waals surface area contributed by atoms with Crippen molar-refractivity contribution < 1.29 is 0 Å². The van der Waals surface area contributed by atoms with Crippen molar-refractivity contribution in [2.24, 2.45) is 5.73 Å². The van der Waals surface area contributed by atoms with Gasteiger partial charge in [-0.05, 0) is 0 Å². The Hall–Kier alpha value is -1.49. The molecular weight excluding hydrogens is 142 g/mol. The maximum atomic E-state index is 5.35. The van der Waals surface area contributed by atoms with E-state index >= 15 is 0 Å². The Morgan fingerprint density at radius 3 is 3.18 bits per heavy atom. The molecule has 5 heteroatoms. The summed E-state index contributed by atoms with van der Waals surface area (Å²) in [5, 5.41) is 6.60. The fourth-order valence-electron chi connectivity index (χ4n) is 0.881. The summed E-state index contributed by atoms with van der Waals surface area (Å²) in [7, 11) is 0. The van der Waals surface area contributed by atoms with Gasteiger partial charge < -0.3 is 5.73 Å². The largest absolute Gasteiger partial charge is 0.324 e. The molecule has 56 valence electrons.